The van der Waals surface area contributed by atoms with Crippen molar-refractivity contribution in [1.29, 1.82) is 0 Å². The minimum absolute atomic E-state index is 0.326. The summed E-state index contributed by atoms with van der Waals surface area (Å²) in [5, 5.41) is 1.20. The molecule has 162 valence electrons. The van der Waals surface area contributed by atoms with E-state index in [9.17, 15) is 18.8 Å². The molecule has 1 rings (SSSR count). The number of nitrogen functional groups attached to an aromatic ring is 1. The van der Waals surface area contributed by atoms with E-state index in [1.807, 2.05) is 5.32 Å². The third-order valence-corrected chi connectivity index (χ3v) is 3.68. The van der Waals surface area contributed by atoms with Gasteiger partial charge in [-0.25, -0.2) is 14.4 Å². The number of rotatable bonds is 6. The van der Waals surface area contributed by atoms with Crippen LogP contribution in [0.25, 0.3) is 0 Å². The number of hydrogen-bond acceptors (Lipinski definition) is 9. The fourth-order valence-corrected chi connectivity index (χ4v) is 2.04. The lowest BCUT2D eigenvalue weighted by atomic mass is 10.2. The first-order valence-electron chi connectivity index (χ1n) is 8.01. The van der Waals surface area contributed by atoms with Crippen LogP contribution in [0, 0.1) is 5.95 Å². The summed E-state index contributed by atoms with van der Waals surface area (Å²) < 4.78 is 33.1. The quantitative estimate of drug-likeness (QED) is 0.286. The lowest BCUT2D eigenvalue weighted by molar-refractivity contribution is -0.172. The van der Waals surface area contributed by atoms with Gasteiger partial charge in [-0.3, -0.25) is 5.32 Å². The molecule has 29 heavy (non-hydrogen) atoms. The largest absolute Gasteiger partial charge is 0.465 e. The van der Waals surface area contributed by atoms with Gasteiger partial charge in [-0.05, 0) is 27.7 Å². The molecule has 0 spiro atoms. The second-order valence-electron chi connectivity index (χ2n) is 6.50. The highest BCUT2D eigenvalue weighted by Crippen LogP contribution is 2.35. The van der Waals surface area contributed by atoms with Crippen molar-refractivity contribution < 1.29 is 37.7 Å². The molecule has 0 radical (unpaired) electrons. The van der Waals surface area contributed by atoms with Gasteiger partial charge in [-0.1, -0.05) is 23.2 Å². The van der Waals surface area contributed by atoms with Crippen molar-refractivity contribution in [2.24, 2.45) is 0 Å². The van der Waals surface area contributed by atoms with Gasteiger partial charge in [0, 0.05) is 0 Å². The van der Waals surface area contributed by atoms with Crippen LogP contribution in [0.2, 0.25) is 10.0 Å². The summed E-state index contributed by atoms with van der Waals surface area (Å²) in [6.45, 7) is 5.98. The summed E-state index contributed by atoms with van der Waals surface area (Å²) in [6, 6.07) is 0. The van der Waals surface area contributed by atoms with Gasteiger partial charge in [0.15, 0.2) is 6.10 Å². The topological polar surface area (TPSA) is 139 Å². The highest BCUT2D eigenvalue weighted by Gasteiger charge is 2.31. The number of carbonyl (C=O) groups is 3. The number of alkyl carbamates (subject to hydrolysis) is 1. The Morgan fingerprint density at radius 3 is 2.28 bits per heavy atom. The van der Waals surface area contributed by atoms with E-state index in [-0.39, 0.29) is 10.7 Å². The van der Waals surface area contributed by atoms with Crippen molar-refractivity contribution in [2.75, 3.05) is 12.8 Å². The third kappa shape index (κ3) is 7.09. The number of hydrogen-bond donors (Lipinski definition) is 2. The predicted octanol–water partition coefficient (Wildman–Crippen LogP) is 2.44. The average Bonchev–Trinajstić information content (AvgIpc) is 2.61. The van der Waals surface area contributed by atoms with Crippen LogP contribution >= 0.6 is 23.2 Å². The van der Waals surface area contributed by atoms with Crippen LogP contribution in [-0.4, -0.2) is 48.1 Å². The maximum absolute atomic E-state index is 13.6. The van der Waals surface area contributed by atoms with E-state index in [0.29, 0.717) is 0 Å². The molecule has 1 aromatic rings. The lowest BCUT2D eigenvalue weighted by Gasteiger charge is -2.23. The lowest BCUT2D eigenvalue weighted by Crippen LogP contribution is -2.48. The van der Waals surface area contributed by atoms with E-state index in [2.05, 4.69) is 9.72 Å². The molecule has 0 aliphatic carbocycles. The van der Waals surface area contributed by atoms with Crippen LogP contribution in [0.15, 0.2) is 0 Å². The number of nitrogens with zero attached hydrogens (tertiary/aromatic N) is 1. The number of amides is 1. The first-order chi connectivity index (χ1) is 13.3. The molecule has 1 aromatic heterocycles. The predicted molar refractivity (Wildman–Crippen MR) is 100.0 cm³/mol. The van der Waals surface area contributed by atoms with Crippen molar-refractivity contribution in [2.45, 2.75) is 45.6 Å². The summed E-state index contributed by atoms with van der Waals surface area (Å²) in [7, 11) is 1.02. The van der Waals surface area contributed by atoms with Crippen LogP contribution in [0.5, 0.6) is 5.88 Å². The number of nitrogens with one attached hydrogen (secondary N) is 1. The van der Waals surface area contributed by atoms with Crippen LogP contribution in [0.3, 0.4) is 0 Å². The monoisotopic (exact) mass is 455 g/mol. The maximum atomic E-state index is 13.6. The molecule has 0 aliphatic heterocycles. The first kappa shape index (κ1) is 24.5. The summed E-state index contributed by atoms with van der Waals surface area (Å²) in [4.78, 5) is 39.2. The molecular weight excluding hydrogens is 436 g/mol. The van der Waals surface area contributed by atoms with E-state index in [1.165, 1.54) is 6.92 Å². The van der Waals surface area contributed by atoms with E-state index >= 15 is 0 Å². The molecule has 10 nitrogen and oxygen atoms in total. The van der Waals surface area contributed by atoms with Crippen molar-refractivity contribution in [1.82, 2.24) is 10.3 Å². The van der Waals surface area contributed by atoms with Crippen molar-refractivity contribution in [3.05, 3.63) is 16.0 Å². The van der Waals surface area contributed by atoms with Crippen LogP contribution in [0.1, 0.15) is 27.7 Å². The molecule has 0 aliphatic rings. The minimum Gasteiger partial charge on any atom is -0.465 e. The first-order valence-corrected chi connectivity index (χ1v) is 8.76. The Morgan fingerprint density at radius 1 is 1.17 bits per heavy atom. The van der Waals surface area contributed by atoms with Gasteiger partial charge < -0.3 is 24.7 Å². The standard InChI is InChI=1S/C16H20Cl2FN3O7/c1-6(27-11-8(18)9(20)7(17)10(19)21-11)13(23)28-12(14(24)26-5)22-15(25)29-16(2,3)4/h6,12H,1-5H3,(H2,20,21)(H,22,25)/t6-,12?/m1/s1. The van der Waals surface area contributed by atoms with Gasteiger partial charge in [0.05, 0.1) is 12.8 Å². The number of aromatic nitrogens is 1. The van der Waals surface area contributed by atoms with Crippen LogP contribution < -0.4 is 15.8 Å². The van der Waals surface area contributed by atoms with Crippen molar-refractivity contribution in [3.63, 3.8) is 0 Å². The minimum atomic E-state index is -1.83. The Morgan fingerprint density at radius 2 is 1.76 bits per heavy atom. The number of carbonyl (C=O) groups excluding carboxylic acids is 3. The molecule has 1 unspecified atom stereocenters. The molecule has 0 saturated carbocycles. The van der Waals surface area contributed by atoms with Gasteiger partial charge in [-0.2, -0.15) is 9.37 Å². The van der Waals surface area contributed by atoms with Crippen molar-refractivity contribution in [3.8, 4) is 5.88 Å². The highest BCUT2D eigenvalue weighted by atomic mass is 35.5. The number of methoxy groups -OCH3 is 1. The Kier molecular flexibility index (Phi) is 8.27. The second kappa shape index (κ2) is 9.79. The zero-order valence-corrected chi connectivity index (χ0v) is 17.7. The second-order valence-corrected chi connectivity index (χ2v) is 7.25. The molecule has 0 fully saturated rings. The zero-order chi connectivity index (χ0) is 22.5. The number of nitrogens with two attached hydrogens (primary N) is 1. The van der Waals surface area contributed by atoms with Gasteiger partial charge in [0.25, 0.3) is 6.23 Å². The molecule has 0 bridgehead atoms. The number of pyridine rings is 1. The van der Waals surface area contributed by atoms with Crippen LogP contribution in [-0.2, 0) is 23.8 Å². The van der Waals surface area contributed by atoms with E-state index in [4.69, 9.17) is 43.1 Å². The summed E-state index contributed by atoms with van der Waals surface area (Å²) in [6.07, 6.45) is -4.30. The maximum Gasteiger partial charge on any atom is 0.410 e. The molecule has 1 heterocycles. The van der Waals surface area contributed by atoms with E-state index in [1.54, 1.807) is 20.8 Å². The highest BCUT2D eigenvalue weighted by molar-refractivity contribution is 6.39. The Labute approximate surface area is 175 Å². The molecular formula is C16H20Cl2FN3O7. The van der Waals surface area contributed by atoms with Gasteiger partial charge >= 0.3 is 18.0 Å². The van der Waals surface area contributed by atoms with Crippen molar-refractivity contribution >= 4 is 46.9 Å². The van der Waals surface area contributed by atoms with Gasteiger partial charge in [0.2, 0.25) is 11.8 Å². The molecule has 0 saturated heterocycles. The molecule has 1 amide bonds. The number of ether oxygens (including phenoxy) is 4. The Bertz CT molecular complexity index is 802. The average molecular weight is 456 g/mol. The Hall–Kier alpha value is -2.53. The van der Waals surface area contributed by atoms with E-state index < -0.39 is 52.8 Å². The van der Waals surface area contributed by atoms with Gasteiger partial charge in [0.1, 0.15) is 15.6 Å². The summed E-state index contributed by atoms with van der Waals surface area (Å²) in [5.74, 6) is -3.91. The Balaban J connectivity index is 2.89. The summed E-state index contributed by atoms with van der Waals surface area (Å²) >= 11 is 11.4. The number of esters is 2. The summed E-state index contributed by atoms with van der Waals surface area (Å²) in [5.41, 5.74) is 4.31. The fourth-order valence-electron chi connectivity index (χ4n) is 1.67. The van der Waals surface area contributed by atoms with Gasteiger partial charge in [-0.15, -0.1) is 0 Å². The molecule has 0 aromatic carbocycles. The smallest absolute Gasteiger partial charge is 0.410 e. The fraction of sp³-hybridized carbons (Fsp3) is 0.500. The molecule has 13 heteroatoms. The SMILES string of the molecule is COC(=O)C(NC(=O)OC(C)(C)C)OC(=O)[C@@H](C)Oc1nc(F)c(Cl)c(N)c1Cl. The third-order valence-electron chi connectivity index (χ3n) is 2.96. The normalized spacial score (nSPS) is 13.1. The number of halogens is 3. The molecule has 2 atom stereocenters. The van der Waals surface area contributed by atoms with E-state index in [0.717, 1.165) is 7.11 Å². The zero-order valence-electron chi connectivity index (χ0n) is 16.2. The van der Waals surface area contributed by atoms with Crippen LogP contribution in [0.4, 0.5) is 14.9 Å². The molecule has 3 N–H and O–H groups in total. The number of anilines is 1.